The summed E-state index contributed by atoms with van der Waals surface area (Å²) in [6.07, 6.45) is 0. The number of para-hydroxylation sites is 1. The summed E-state index contributed by atoms with van der Waals surface area (Å²) < 4.78 is 3.14. The zero-order valence-corrected chi connectivity index (χ0v) is 17.6. The number of fused-ring (bicyclic) bond motifs is 4. The molecule has 0 aliphatic carbocycles. The van der Waals surface area contributed by atoms with E-state index in [9.17, 15) is 0 Å². The topological polar surface area (TPSA) is 30.7 Å². The number of rotatable bonds is 2. The van der Waals surface area contributed by atoms with Crippen molar-refractivity contribution in [3.8, 4) is 16.3 Å². The van der Waals surface area contributed by atoms with E-state index in [2.05, 4.69) is 116 Å². The molecule has 0 aliphatic heterocycles. The van der Waals surface area contributed by atoms with Gasteiger partial charge in [0.05, 0.1) is 11.0 Å². The van der Waals surface area contributed by atoms with Gasteiger partial charge in [-0.3, -0.25) is 0 Å². The largest absolute Gasteiger partial charge is 0.309 e. The fourth-order valence-corrected chi connectivity index (χ4v) is 5.13. The smallest absolute Gasteiger partial charge is 0.183 e. The van der Waals surface area contributed by atoms with Crippen LogP contribution in [0.1, 0.15) is 0 Å². The Morgan fingerprint density at radius 3 is 2.34 bits per heavy atom. The lowest BCUT2D eigenvalue weighted by Crippen LogP contribution is -1.94. The van der Waals surface area contributed by atoms with Crippen LogP contribution in [-0.2, 0) is 0 Å². The molecule has 6 rings (SSSR count). The SMILES string of the molecule is Brc1nnc(-c2ccc3c4ccccc4n(-c4ccc5ccccc5c4)c3c2)s1. The Balaban J connectivity index is 1.69. The maximum atomic E-state index is 4.30. The molecule has 0 saturated heterocycles. The molecule has 3 nitrogen and oxygen atoms in total. The van der Waals surface area contributed by atoms with Crippen LogP contribution >= 0.6 is 27.3 Å². The van der Waals surface area contributed by atoms with Gasteiger partial charge in [-0.2, -0.15) is 0 Å². The molecule has 5 heteroatoms. The van der Waals surface area contributed by atoms with Crippen LogP contribution in [0.4, 0.5) is 0 Å². The van der Waals surface area contributed by atoms with Crippen molar-refractivity contribution >= 4 is 59.8 Å². The first-order valence-electron chi connectivity index (χ1n) is 9.30. The van der Waals surface area contributed by atoms with E-state index in [1.807, 2.05) is 0 Å². The second kappa shape index (κ2) is 6.51. The average molecular weight is 456 g/mol. The maximum Gasteiger partial charge on any atom is 0.183 e. The minimum atomic E-state index is 0.794. The van der Waals surface area contributed by atoms with Crippen LogP contribution in [0, 0.1) is 0 Å². The molecule has 2 aromatic heterocycles. The third-order valence-corrected chi connectivity index (χ3v) is 6.72. The number of halogens is 1. The predicted molar refractivity (Wildman–Crippen MR) is 125 cm³/mol. The van der Waals surface area contributed by atoms with E-state index in [0.717, 1.165) is 20.2 Å². The van der Waals surface area contributed by atoms with Crippen molar-refractivity contribution in [3.63, 3.8) is 0 Å². The van der Waals surface area contributed by atoms with Gasteiger partial charge in [-0.15, -0.1) is 10.2 Å². The number of hydrogen-bond acceptors (Lipinski definition) is 3. The van der Waals surface area contributed by atoms with Crippen LogP contribution in [0.5, 0.6) is 0 Å². The molecule has 0 amide bonds. The number of nitrogens with zero attached hydrogens (tertiary/aromatic N) is 3. The molecule has 0 N–H and O–H groups in total. The first-order chi connectivity index (χ1) is 14.3. The van der Waals surface area contributed by atoms with Gasteiger partial charge in [0, 0.05) is 22.0 Å². The fraction of sp³-hybridized carbons (Fsp3) is 0. The molecule has 29 heavy (non-hydrogen) atoms. The highest BCUT2D eigenvalue weighted by atomic mass is 79.9. The van der Waals surface area contributed by atoms with E-state index in [0.29, 0.717) is 0 Å². The van der Waals surface area contributed by atoms with Gasteiger partial charge in [-0.25, -0.2) is 0 Å². The van der Waals surface area contributed by atoms with Gasteiger partial charge in [-0.05, 0) is 51.0 Å². The monoisotopic (exact) mass is 455 g/mol. The lowest BCUT2D eigenvalue weighted by molar-refractivity contribution is 1.08. The van der Waals surface area contributed by atoms with Gasteiger partial charge in [0.1, 0.15) is 5.01 Å². The van der Waals surface area contributed by atoms with E-state index in [1.54, 1.807) is 11.3 Å². The Labute approximate surface area is 179 Å². The van der Waals surface area contributed by atoms with Crippen molar-refractivity contribution in [2.75, 3.05) is 0 Å². The van der Waals surface area contributed by atoms with Crippen molar-refractivity contribution in [1.82, 2.24) is 14.8 Å². The lowest BCUT2D eigenvalue weighted by Gasteiger charge is -2.10. The normalized spacial score (nSPS) is 11.6. The van der Waals surface area contributed by atoms with E-state index in [1.165, 1.54) is 32.6 Å². The van der Waals surface area contributed by atoms with Gasteiger partial charge >= 0.3 is 0 Å². The summed E-state index contributed by atoms with van der Waals surface area (Å²) in [6, 6.07) is 30.2. The van der Waals surface area contributed by atoms with E-state index >= 15 is 0 Å². The standard InChI is InChI=1S/C24H14BrN3S/c25-24-27-26-23(29-24)17-10-12-20-19-7-3-4-8-21(19)28(22(20)14-17)18-11-9-15-5-1-2-6-16(15)13-18/h1-14H. The highest BCUT2D eigenvalue weighted by molar-refractivity contribution is 9.11. The highest BCUT2D eigenvalue weighted by Gasteiger charge is 2.14. The average Bonchev–Trinajstić information content (AvgIpc) is 3.34. The molecule has 2 heterocycles. The van der Waals surface area contributed by atoms with Gasteiger partial charge < -0.3 is 4.57 Å². The van der Waals surface area contributed by atoms with E-state index in [4.69, 9.17) is 0 Å². The van der Waals surface area contributed by atoms with Crippen molar-refractivity contribution < 1.29 is 0 Å². The first-order valence-corrected chi connectivity index (χ1v) is 10.9. The van der Waals surface area contributed by atoms with Crippen LogP contribution in [0.2, 0.25) is 0 Å². The molecular formula is C24H14BrN3S. The minimum absolute atomic E-state index is 0.794. The quantitative estimate of drug-likeness (QED) is 0.276. The molecule has 6 aromatic rings. The molecule has 4 aromatic carbocycles. The second-order valence-electron chi connectivity index (χ2n) is 6.98. The summed E-state index contributed by atoms with van der Waals surface area (Å²) in [7, 11) is 0. The summed E-state index contributed by atoms with van der Waals surface area (Å²) in [5.41, 5.74) is 4.61. The number of aromatic nitrogens is 3. The number of benzene rings is 4. The Kier molecular flexibility index (Phi) is 3.79. The van der Waals surface area contributed by atoms with Crippen molar-refractivity contribution in [2.24, 2.45) is 0 Å². The third-order valence-electron chi connectivity index (χ3n) is 5.31. The zero-order valence-electron chi connectivity index (χ0n) is 15.2. The molecule has 138 valence electrons. The van der Waals surface area contributed by atoms with Crippen LogP contribution in [0.3, 0.4) is 0 Å². The lowest BCUT2D eigenvalue weighted by atomic mass is 10.1. The number of hydrogen-bond donors (Lipinski definition) is 0. The van der Waals surface area contributed by atoms with Gasteiger partial charge in [-0.1, -0.05) is 72.0 Å². The summed E-state index contributed by atoms with van der Waals surface area (Å²) in [4.78, 5) is 0. The third kappa shape index (κ3) is 2.69. The maximum absolute atomic E-state index is 4.30. The molecule has 0 fully saturated rings. The Bertz CT molecular complexity index is 1530. The fourth-order valence-electron chi connectivity index (χ4n) is 4.02. The van der Waals surface area contributed by atoms with Crippen molar-refractivity contribution in [2.45, 2.75) is 0 Å². The zero-order chi connectivity index (χ0) is 19.4. The predicted octanol–water partition coefficient (Wildman–Crippen LogP) is 7.22. The molecule has 0 bridgehead atoms. The van der Waals surface area contributed by atoms with Gasteiger partial charge in [0.15, 0.2) is 3.92 Å². The van der Waals surface area contributed by atoms with E-state index in [-0.39, 0.29) is 0 Å². The van der Waals surface area contributed by atoms with Crippen molar-refractivity contribution in [1.29, 1.82) is 0 Å². The summed E-state index contributed by atoms with van der Waals surface area (Å²) >= 11 is 4.97. The van der Waals surface area contributed by atoms with Crippen molar-refractivity contribution in [3.05, 3.63) is 88.8 Å². The second-order valence-corrected chi connectivity index (χ2v) is 9.23. The molecular weight excluding hydrogens is 442 g/mol. The van der Waals surface area contributed by atoms with E-state index < -0.39 is 0 Å². The van der Waals surface area contributed by atoms with Crippen LogP contribution < -0.4 is 0 Å². The molecule has 0 aliphatic rings. The Morgan fingerprint density at radius 1 is 0.690 bits per heavy atom. The van der Waals surface area contributed by atoms with Gasteiger partial charge in [0.25, 0.3) is 0 Å². The Morgan fingerprint density at radius 2 is 1.48 bits per heavy atom. The Hall–Kier alpha value is -3.02. The highest BCUT2D eigenvalue weighted by Crippen LogP contribution is 2.36. The first kappa shape index (κ1) is 16.9. The molecule has 0 saturated carbocycles. The summed E-state index contributed by atoms with van der Waals surface area (Å²) in [6.45, 7) is 0. The molecule has 0 spiro atoms. The van der Waals surface area contributed by atoms with Gasteiger partial charge in [0.2, 0.25) is 0 Å². The van der Waals surface area contributed by atoms with Crippen LogP contribution in [-0.4, -0.2) is 14.8 Å². The molecule has 0 unspecified atom stereocenters. The molecule has 0 radical (unpaired) electrons. The minimum Gasteiger partial charge on any atom is -0.309 e. The van der Waals surface area contributed by atoms with Crippen LogP contribution in [0.15, 0.2) is 88.8 Å². The van der Waals surface area contributed by atoms with Crippen LogP contribution in [0.25, 0.3) is 48.8 Å². The summed E-state index contributed by atoms with van der Waals surface area (Å²) in [5, 5.41) is 14.3. The molecule has 0 atom stereocenters. The summed E-state index contributed by atoms with van der Waals surface area (Å²) in [5.74, 6) is 0.